The molecule has 10 heteroatoms. The van der Waals surface area contributed by atoms with Crippen LogP contribution in [0.15, 0.2) is 23.1 Å². The van der Waals surface area contributed by atoms with E-state index in [1.807, 2.05) is 0 Å². The summed E-state index contributed by atoms with van der Waals surface area (Å²) in [5.41, 5.74) is 0. The van der Waals surface area contributed by atoms with E-state index in [1.165, 1.54) is 0 Å². The zero-order valence-electron chi connectivity index (χ0n) is 11.2. The van der Waals surface area contributed by atoms with Crippen molar-refractivity contribution in [1.29, 1.82) is 0 Å². The number of alkyl halides is 3. The summed E-state index contributed by atoms with van der Waals surface area (Å²) in [5, 5.41) is 0. The standard InChI is InChI=1S/C12H13F5N2O2S/c13-8-3-9(14)5-11(4-8)22(20,21)18-10-1-2-19(6-10)7-12(15,16)17/h3-5,10,18H,1-2,6-7H2. The van der Waals surface area contributed by atoms with Gasteiger partial charge in [0.05, 0.1) is 11.4 Å². The maximum Gasteiger partial charge on any atom is 0.401 e. The molecule has 0 bridgehead atoms. The van der Waals surface area contributed by atoms with Crippen molar-refractivity contribution in [3.63, 3.8) is 0 Å². The molecule has 1 aliphatic heterocycles. The highest BCUT2D eigenvalue weighted by Crippen LogP contribution is 2.21. The summed E-state index contributed by atoms with van der Waals surface area (Å²) in [6.45, 7) is -1.15. The highest BCUT2D eigenvalue weighted by atomic mass is 32.2. The highest BCUT2D eigenvalue weighted by molar-refractivity contribution is 7.89. The third-order valence-electron chi connectivity index (χ3n) is 3.14. The van der Waals surface area contributed by atoms with Crippen molar-refractivity contribution >= 4 is 10.0 Å². The number of rotatable bonds is 4. The van der Waals surface area contributed by atoms with Crippen LogP contribution in [0.2, 0.25) is 0 Å². The van der Waals surface area contributed by atoms with Gasteiger partial charge in [0.15, 0.2) is 0 Å². The van der Waals surface area contributed by atoms with Gasteiger partial charge in [0, 0.05) is 25.2 Å². The average Bonchev–Trinajstić information content (AvgIpc) is 2.71. The normalized spacial score (nSPS) is 20.5. The number of likely N-dealkylation sites (tertiary alicyclic amines) is 1. The lowest BCUT2D eigenvalue weighted by molar-refractivity contribution is -0.143. The largest absolute Gasteiger partial charge is 0.401 e. The smallest absolute Gasteiger partial charge is 0.293 e. The minimum atomic E-state index is -4.36. The second-order valence-corrected chi connectivity index (χ2v) is 6.78. The molecule has 1 aliphatic rings. The van der Waals surface area contributed by atoms with Crippen LogP contribution >= 0.6 is 0 Å². The number of nitrogens with zero attached hydrogens (tertiary/aromatic N) is 1. The fourth-order valence-electron chi connectivity index (χ4n) is 2.30. The summed E-state index contributed by atoms with van der Waals surface area (Å²) in [6.07, 6.45) is -4.17. The van der Waals surface area contributed by atoms with Crippen molar-refractivity contribution in [2.45, 2.75) is 23.5 Å². The number of nitrogens with one attached hydrogen (secondary N) is 1. The van der Waals surface area contributed by atoms with Gasteiger partial charge in [-0.25, -0.2) is 21.9 Å². The highest BCUT2D eigenvalue weighted by Gasteiger charge is 2.35. The molecule has 1 aromatic carbocycles. The molecule has 1 unspecified atom stereocenters. The van der Waals surface area contributed by atoms with E-state index in [0.717, 1.165) is 4.90 Å². The van der Waals surface area contributed by atoms with Crippen LogP contribution in [0, 0.1) is 11.6 Å². The lowest BCUT2D eigenvalue weighted by Crippen LogP contribution is -2.39. The number of benzene rings is 1. The van der Waals surface area contributed by atoms with Gasteiger partial charge in [0.2, 0.25) is 10.0 Å². The SMILES string of the molecule is O=S(=O)(NC1CCN(CC(F)(F)F)C1)c1cc(F)cc(F)c1. The zero-order chi connectivity index (χ0) is 16.5. The Kier molecular flexibility index (Phi) is 4.73. The lowest BCUT2D eigenvalue weighted by atomic mass is 10.3. The minimum absolute atomic E-state index is 0.0875. The van der Waals surface area contributed by atoms with Gasteiger partial charge in [0.1, 0.15) is 11.6 Å². The van der Waals surface area contributed by atoms with E-state index in [0.29, 0.717) is 18.2 Å². The number of sulfonamides is 1. The molecule has 0 amide bonds. The molecule has 1 fully saturated rings. The molecule has 0 aromatic heterocycles. The number of hydrogen-bond acceptors (Lipinski definition) is 3. The Hall–Kier alpha value is -1.26. The van der Waals surface area contributed by atoms with Gasteiger partial charge < -0.3 is 0 Å². The van der Waals surface area contributed by atoms with Crippen molar-refractivity contribution < 1.29 is 30.4 Å². The number of halogens is 5. The van der Waals surface area contributed by atoms with E-state index in [2.05, 4.69) is 4.72 Å². The third kappa shape index (κ3) is 4.62. The van der Waals surface area contributed by atoms with Crippen LogP contribution in [0.3, 0.4) is 0 Å². The van der Waals surface area contributed by atoms with Gasteiger partial charge >= 0.3 is 6.18 Å². The van der Waals surface area contributed by atoms with Gasteiger partial charge in [-0.1, -0.05) is 0 Å². The van der Waals surface area contributed by atoms with Crippen LogP contribution in [0.4, 0.5) is 22.0 Å². The topological polar surface area (TPSA) is 49.4 Å². The third-order valence-corrected chi connectivity index (χ3v) is 4.64. The molecule has 1 atom stereocenters. The van der Waals surface area contributed by atoms with Gasteiger partial charge in [-0.15, -0.1) is 0 Å². The Morgan fingerprint density at radius 2 is 1.77 bits per heavy atom. The molecule has 1 saturated heterocycles. The Morgan fingerprint density at radius 3 is 2.32 bits per heavy atom. The van der Waals surface area contributed by atoms with Crippen LogP contribution in [0.5, 0.6) is 0 Å². The predicted octanol–water partition coefficient (Wildman–Crippen LogP) is 1.88. The summed E-state index contributed by atoms with van der Waals surface area (Å²) in [5.74, 6) is -2.10. The minimum Gasteiger partial charge on any atom is -0.293 e. The van der Waals surface area contributed by atoms with Crippen molar-refractivity contribution in [2.24, 2.45) is 0 Å². The van der Waals surface area contributed by atoms with Crippen molar-refractivity contribution in [1.82, 2.24) is 9.62 Å². The summed E-state index contributed by atoms with van der Waals surface area (Å²) in [4.78, 5) is 0.471. The van der Waals surface area contributed by atoms with E-state index < -0.39 is 45.3 Å². The van der Waals surface area contributed by atoms with Crippen LogP contribution in [-0.2, 0) is 10.0 Å². The molecule has 1 aromatic rings. The van der Waals surface area contributed by atoms with E-state index in [4.69, 9.17) is 0 Å². The summed E-state index contributed by atoms with van der Waals surface area (Å²) in [7, 11) is -4.19. The molecule has 4 nitrogen and oxygen atoms in total. The maximum absolute atomic E-state index is 13.1. The van der Waals surface area contributed by atoms with Crippen molar-refractivity contribution in [3.8, 4) is 0 Å². The van der Waals surface area contributed by atoms with E-state index in [-0.39, 0.29) is 19.5 Å². The molecule has 0 saturated carbocycles. The molecule has 1 heterocycles. The first-order valence-electron chi connectivity index (χ1n) is 6.33. The first-order valence-corrected chi connectivity index (χ1v) is 7.81. The Bertz CT molecular complexity index is 627. The molecule has 0 spiro atoms. The lowest BCUT2D eigenvalue weighted by Gasteiger charge is -2.18. The summed E-state index contributed by atoms with van der Waals surface area (Å²) >= 11 is 0. The second-order valence-electron chi connectivity index (χ2n) is 5.06. The summed E-state index contributed by atoms with van der Waals surface area (Å²) in [6, 6.07) is 1.08. The van der Waals surface area contributed by atoms with Crippen LogP contribution in [0.25, 0.3) is 0 Å². The van der Waals surface area contributed by atoms with Gasteiger partial charge in [0.25, 0.3) is 0 Å². The molecular weight excluding hydrogens is 331 g/mol. The quantitative estimate of drug-likeness (QED) is 0.849. The van der Waals surface area contributed by atoms with Crippen molar-refractivity contribution in [2.75, 3.05) is 19.6 Å². The van der Waals surface area contributed by atoms with Gasteiger partial charge in [-0.3, -0.25) is 4.90 Å². The van der Waals surface area contributed by atoms with Crippen LogP contribution < -0.4 is 4.72 Å². The van der Waals surface area contributed by atoms with E-state index in [1.54, 1.807) is 0 Å². The van der Waals surface area contributed by atoms with Crippen LogP contribution in [-0.4, -0.2) is 45.2 Å². The monoisotopic (exact) mass is 344 g/mol. The van der Waals surface area contributed by atoms with E-state index >= 15 is 0 Å². The molecule has 124 valence electrons. The Labute approximate surface area is 124 Å². The average molecular weight is 344 g/mol. The molecule has 1 N–H and O–H groups in total. The summed E-state index contributed by atoms with van der Waals surface area (Å²) < 4.78 is 89.1. The van der Waals surface area contributed by atoms with Gasteiger partial charge in [-0.05, 0) is 18.6 Å². The fourth-order valence-corrected chi connectivity index (χ4v) is 3.60. The number of hydrogen-bond donors (Lipinski definition) is 1. The zero-order valence-corrected chi connectivity index (χ0v) is 12.0. The molecule has 22 heavy (non-hydrogen) atoms. The molecule has 2 rings (SSSR count). The van der Waals surface area contributed by atoms with Gasteiger partial charge in [-0.2, -0.15) is 13.2 Å². The fraction of sp³-hybridized carbons (Fsp3) is 0.500. The molecule has 0 aliphatic carbocycles. The molecule has 0 radical (unpaired) electrons. The maximum atomic E-state index is 13.1. The van der Waals surface area contributed by atoms with E-state index in [9.17, 15) is 30.4 Å². The second kappa shape index (κ2) is 6.09. The first-order chi connectivity index (χ1) is 10.0. The van der Waals surface area contributed by atoms with Crippen molar-refractivity contribution in [3.05, 3.63) is 29.8 Å². The predicted molar refractivity (Wildman–Crippen MR) is 67.6 cm³/mol. The first kappa shape index (κ1) is 17.1. The van der Waals surface area contributed by atoms with Crippen LogP contribution in [0.1, 0.15) is 6.42 Å². The Balaban J connectivity index is 2.04. The Morgan fingerprint density at radius 1 is 1.18 bits per heavy atom. The molecular formula is C12H13F5N2O2S.